The van der Waals surface area contributed by atoms with Crippen LogP contribution in [0.3, 0.4) is 0 Å². The van der Waals surface area contributed by atoms with Gasteiger partial charge in [-0.15, -0.1) is 0 Å². The molecule has 0 aromatic heterocycles. The summed E-state index contributed by atoms with van der Waals surface area (Å²) < 4.78 is 26.9. The zero-order valence-electron chi connectivity index (χ0n) is 14.2. The molecular formula is C18H18Cl2N2O3S. The van der Waals surface area contributed by atoms with E-state index in [1.807, 2.05) is 6.92 Å². The Morgan fingerprint density at radius 2 is 1.58 bits per heavy atom. The molecule has 1 saturated heterocycles. The van der Waals surface area contributed by atoms with Crippen molar-refractivity contribution in [3.63, 3.8) is 0 Å². The van der Waals surface area contributed by atoms with Crippen LogP contribution >= 0.6 is 23.2 Å². The number of nitrogens with zero attached hydrogens (tertiary/aromatic N) is 2. The molecule has 1 fully saturated rings. The number of carbonyl (C=O) groups excluding carboxylic acids is 1. The van der Waals surface area contributed by atoms with Gasteiger partial charge in [0.1, 0.15) is 0 Å². The molecule has 1 aliphatic rings. The van der Waals surface area contributed by atoms with Gasteiger partial charge in [0, 0.05) is 26.2 Å². The van der Waals surface area contributed by atoms with Gasteiger partial charge in [-0.2, -0.15) is 4.31 Å². The molecule has 2 aromatic rings. The molecule has 0 unspecified atom stereocenters. The first-order chi connectivity index (χ1) is 12.3. The number of rotatable bonds is 3. The average Bonchev–Trinajstić information content (AvgIpc) is 2.64. The maximum Gasteiger partial charge on any atom is 0.255 e. The van der Waals surface area contributed by atoms with Gasteiger partial charge in [0.05, 0.1) is 20.5 Å². The van der Waals surface area contributed by atoms with Crippen LogP contribution in [0.5, 0.6) is 0 Å². The number of carbonyl (C=O) groups is 1. The predicted molar refractivity (Wildman–Crippen MR) is 102 cm³/mol. The highest BCUT2D eigenvalue weighted by Gasteiger charge is 2.31. The number of aryl methyl sites for hydroxylation is 1. The molecule has 0 saturated carbocycles. The van der Waals surface area contributed by atoms with E-state index in [4.69, 9.17) is 23.2 Å². The van der Waals surface area contributed by atoms with Crippen molar-refractivity contribution in [2.45, 2.75) is 11.8 Å². The molecular weight excluding hydrogens is 395 g/mol. The highest BCUT2D eigenvalue weighted by molar-refractivity contribution is 7.89. The van der Waals surface area contributed by atoms with Crippen molar-refractivity contribution in [1.82, 2.24) is 9.21 Å². The second kappa shape index (κ2) is 7.56. The third-order valence-electron chi connectivity index (χ3n) is 4.37. The Kier molecular flexibility index (Phi) is 5.58. The molecule has 8 heteroatoms. The lowest BCUT2D eigenvalue weighted by molar-refractivity contribution is 0.0698. The minimum absolute atomic E-state index is 0.217. The molecule has 1 heterocycles. The van der Waals surface area contributed by atoms with Gasteiger partial charge in [-0.3, -0.25) is 4.79 Å². The lowest BCUT2D eigenvalue weighted by Gasteiger charge is -2.34. The van der Waals surface area contributed by atoms with Crippen molar-refractivity contribution in [3.05, 3.63) is 63.6 Å². The van der Waals surface area contributed by atoms with E-state index >= 15 is 0 Å². The second-order valence-electron chi connectivity index (χ2n) is 6.11. The Morgan fingerprint density at radius 3 is 2.19 bits per heavy atom. The zero-order valence-corrected chi connectivity index (χ0v) is 16.5. The van der Waals surface area contributed by atoms with Crippen LogP contribution in [-0.2, 0) is 10.0 Å². The maximum atomic E-state index is 12.7. The lowest BCUT2D eigenvalue weighted by Crippen LogP contribution is -2.50. The number of hydrogen-bond donors (Lipinski definition) is 0. The molecule has 3 rings (SSSR count). The highest BCUT2D eigenvalue weighted by Crippen LogP contribution is 2.27. The average molecular weight is 413 g/mol. The molecule has 138 valence electrons. The number of piperazine rings is 1. The summed E-state index contributed by atoms with van der Waals surface area (Å²) in [6.07, 6.45) is 0. The summed E-state index contributed by atoms with van der Waals surface area (Å²) in [5, 5.41) is 0.534. The van der Waals surface area contributed by atoms with Gasteiger partial charge in [-0.25, -0.2) is 8.42 Å². The van der Waals surface area contributed by atoms with Crippen LogP contribution in [0, 0.1) is 6.92 Å². The molecule has 1 amide bonds. The van der Waals surface area contributed by atoms with E-state index in [0.717, 1.165) is 5.56 Å². The van der Waals surface area contributed by atoms with E-state index in [2.05, 4.69) is 0 Å². The van der Waals surface area contributed by atoms with Crippen LogP contribution in [0.2, 0.25) is 10.0 Å². The molecule has 2 aromatic carbocycles. The molecule has 0 bridgehead atoms. The lowest BCUT2D eigenvalue weighted by atomic mass is 10.2. The third kappa shape index (κ3) is 3.74. The van der Waals surface area contributed by atoms with Crippen LogP contribution in [-0.4, -0.2) is 49.7 Å². The monoisotopic (exact) mass is 412 g/mol. The van der Waals surface area contributed by atoms with E-state index < -0.39 is 10.0 Å². The predicted octanol–water partition coefficient (Wildman–Crippen LogP) is 3.45. The van der Waals surface area contributed by atoms with Crippen molar-refractivity contribution in [3.8, 4) is 0 Å². The first-order valence-electron chi connectivity index (χ1n) is 8.11. The van der Waals surface area contributed by atoms with Gasteiger partial charge in [0.2, 0.25) is 10.0 Å². The summed E-state index contributed by atoms with van der Waals surface area (Å²) in [5.74, 6) is -0.245. The Morgan fingerprint density at radius 1 is 0.962 bits per heavy atom. The van der Waals surface area contributed by atoms with Gasteiger partial charge in [0.25, 0.3) is 5.91 Å². The Hall–Kier alpha value is -1.60. The molecule has 0 radical (unpaired) electrons. The number of amides is 1. The Balaban J connectivity index is 1.72. The van der Waals surface area contributed by atoms with E-state index in [1.54, 1.807) is 47.4 Å². The molecule has 0 aliphatic carbocycles. The zero-order chi connectivity index (χ0) is 18.9. The van der Waals surface area contributed by atoms with E-state index in [9.17, 15) is 13.2 Å². The summed E-state index contributed by atoms with van der Waals surface area (Å²) in [7, 11) is -3.56. The Bertz CT molecular complexity index is 922. The summed E-state index contributed by atoms with van der Waals surface area (Å²) >= 11 is 12.1. The Labute approximate surface area is 163 Å². The topological polar surface area (TPSA) is 57.7 Å². The van der Waals surface area contributed by atoms with Crippen molar-refractivity contribution < 1.29 is 13.2 Å². The minimum Gasteiger partial charge on any atom is -0.336 e. The molecule has 1 aliphatic heterocycles. The molecule has 0 spiro atoms. The summed E-state index contributed by atoms with van der Waals surface area (Å²) in [5.41, 5.74) is 1.33. The molecule has 5 nitrogen and oxygen atoms in total. The normalized spacial score (nSPS) is 15.9. The van der Waals surface area contributed by atoms with Gasteiger partial charge < -0.3 is 4.90 Å². The van der Waals surface area contributed by atoms with E-state index in [-0.39, 0.29) is 28.9 Å². The van der Waals surface area contributed by atoms with Crippen LogP contribution in [0.15, 0.2) is 47.4 Å². The number of sulfonamides is 1. The first kappa shape index (κ1) is 19.2. The van der Waals surface area contributed by atoms with Gasteiger partial charge >= 0.3 is 0 Å². The summed E-state index contributed by atoms with van der Waals surface area (Å²) in [6, 6.07) is 11.7. The van der Waals surface area contributed by atoms with Crippen LogP contribution < -0.4 is 0 Å². The van der Waals surface area contributed by atoms with E-state index in [0.29, 0.717) is 23.7 Å². The van der Waals surface area contributed by atoms with Crippen molar-refractivity contribution in [2.24, 2.45) is 0 Å². The number of halogens is 2. The number of benzene rings is 2. The summed E-state index contributed by atoms with van der Waals surface area (Å²) in [6.45, 7) is 2.97. The van der Waals surface area contributed by atoms with Crippen molar-refractivity contribution in [2.75, 3.05) is 26.2 Å². The maximum absolute atomic E-state index is 12.7. The smallest absolute Gasteiger partial charge is 0.255 e. The fourth-order valence-electron chi connectivity index (χ4n) is 2.83. The largest absolute Gasteiger partial charge is 0.336 e. The third-order valence-corrected chi connectivity index (χ3v) is 7.10. The van der Waals surface area contributed by atoms with Crippen LogP contribution in [0.1, 0.15) is 15.9 Å². The summed E-state index contributed by atoms with van der Waals surface area (Å²) in [4.78, 5) is 14.5. The minimum atomic E-state index is -3.56. The second-order valence-corrected chi connectivity index (χ2v) is 8.83. The molecule has 0 atom stereocenters. The van der Waals surface area contributed by atoms with Crippen LogP contribution in [0.25, 0.3) is 0 Å². The van der Waals surface area contributed by atoms with Crippen LogP contribution in [0.4, 0.5) is 0 Å². The number of hydrogen-bond acceptors (Lipinski definition) is 3. The fraction of sp³-hybridized carbons (Fsp3) is 0.278. The quantitative estimate of drug-likeness (QED) is 0.775. The fourth-order valence-corrected chi connectivity index (χ4v) is 4.63. The standard InChI is InChI=1S/C18H18Cl2N2O3S/c1-13-5-7-14(8-6-13)26(24,25)22-11-9-21(10-12-22)18(23)15-3-2-4-16(19)17(15)20/h2-8H,9-12H2,1H3. The van der Waals surface area contributed by atoms with Gasteiger partial charge in [-0.1, -0.05) is 47.0 Å². The van der Waals surface area contributed by atoms with Crippen molar-refractivity contribution >= 4 is 39.1 Å². The van der Waals surface area contributed by atoms with E-state index in [1.165, 1.54) is 4.31 Å². The van der Waals surface area contributed by atoms with Gasteiger partial charge in [0.15, 0.2) is 0 Å². The van der Waals surface area contributed by atoms with Gasteiger partial charge in [-0.05, 0) is 31.2 Å². The first-order valence-corrected chi connectivity index (χ1v) is 10.3. The molecule has 0 N–H and O–H groups in total. The highest BCUT2D eigenvalue weighted by atomic mass is 35.5. The van der Waals surface area contributed by atoms with Crippen molar-refractivity contribution in [1.29, 1.82) is 0 Å². The SMILES string of the molecule is Cc1ccc(S(=O)(=O)N2CCN(C(=O)c3cccc(Cl)c3Cl)CC2)cc1. The molecule has 26 heavy (non-hydrogen) atoms.